The Balaban J connectivity index is 1.56. The second-order valence-electron chi connectivity index (χ2n) is 7.25. The number of nitro groups is 1. The van der Waals surface area contributed by atoms with Gasteiger partial charge >= 0.3 is 0 Å². The van der Waals surface area contributed by atoms with Gasteiger partial charge in [0, 0.05) is 24.4 Å². The molecule has 148 valence electrons. The molecule has 29 heavy (non-hydrogen) atoms. The number of non-ortho nitro benzene ring substituents is 1. The molecule has 0 radical (unpaired) electrons. The molecule has 2 aliphatic rings. The summed E-state index contributed by atoms with van der Waals surface area (Å²) < 4.78 is 28.8. The van der Waals surface area contributed by atoms with Crippen LogP contribution >= 0.6 is 11.8 Å². The van der Waals surface area contributed by atoms with Gasteiger partial charge in [-0.05, 0) is 58.5 Å². The van der Waals surface area contributed by atoms with Crippen molar-refractivity contribution in [2.75, 3.05) is 12.3 Å². The number of sulfonamides is 1. The van der Waals surface area contributed by atoms with Crippen molar-refractivity contribution in [1.82, 2.24) is 4.31 Å². The third-order valence-electron chi connectivity index (χ3n) is 5.67. The summed E-state index contributed by atoms with van der Waals surface area (Å²) in [7, 11) is -3.68. The molecule has 8 heteroatoms. The van der Waals surface area contributed by atoms with E-state index in [1.165, 1.54) is 22.0 Å². The number of hydrogen-bond acceptors (Lipinski definition) is 5. The van der Waals surface area contributed by atoms with Crippen LogP contribution in [0.1, 0.15) is 22.1 Å². The van der Waals surface area contributed by atoms with Gasteiger partial charge in [0.25, 0.3) is 5.69 Å². The monoisotopic (exact) mass is 426 g/mol. The number of nitrogens with zero attached hydrogens (tertiary/aromatic N) is 2. The van der Waals surface area contributed by atoms with E-state index in [-0.39, 0.29) is 11.1 Å². The lowest BCUT2D eigenvalue weighted by molar-refractivity contribution is -0.384. The molecule has 0 aromatic heterocycles. The second-order valence-corrected chi connectivity index (χ2v) is 10.3. The molecule has 1 saturated heterocycles. The minimum absolute atomic E-state index is 0.00129. The van der Waals surface area contributed by atoms with Crippen LogP contribution in [-0.2, 0) is 22.9 Å². The smallest absolute Gasteiger partial charge is 0.258 e. The van der Waals surface area contributed by atoms with Crippen molar-refractivity contribution in [2.24, 2.45) is 0 Å². The van der Waals surface area contributed by atoms with Crippen LogP contribution in [-0.4, -0.2) is 29.9 Å². The van der Waals surface area contributed by atoms with Crippen LogP contribution in [0.4, 0.5) is 5.69 Å². The number of thioether (sulfide) groups is 1. The molecular weight excluding hydrogens is 408 g/mol. The minimum Gasteiger partial charge on any atom is -0.258 e. The Hall–Kier alpha value is -2.42. The Bertz CT molecular complexity index is 1240. The van der Waals surface area contributed by atoms with E-state index < -0.39 is 14.9 Å². The number of benzene rings is 3. The molecule has 1 aliphatic carbocycles. The molecule has 0 unspecified atom stereocenters. The van der Waals surface area contributed by atoms with Gasteiger partial charge in [-0.25, -0.2) is 8.42 Å². The highest BCUT2D eigenvalue weighted by atomic mass is 32.2. The van der Waals surface area contributed by atoms with Crippen LogP contribution in [0.25, 0.3) is 10.8 Å². The van der Waals surface area contributed by atoms with E-state index in [1.54, 1.807) is 30.0 Å². The highest BCUT2D eigenvalue weighted by molar-refractivity contribution is 8.01. The van der Waals surface area contributed by atoms with Crippen LogP contribution < -0.4 is 0 Å². The summed E-state index contributed by atoms with van der Waals surface area (Å²) in [6.45, 7) is 0.424. The molecule has 3 aromatic carbocycles. The fourth-order valence-electron chi connectivity index (χ4n) is 4.32. The molecule has 1 heterocycles. The maximum atomic E-state index is 13.6. The molecule has 0 amide bonds. The van der Waals surface area contributed by atoms with E-state index in [1.807, 2.05) is 18.2 Å². The van der Waals surface area contributed by atoms with Crippen molar-refractivity contribution < 1.29 is 13.3 Å². The number of hydrogen-bond donors (Lipinski definition) is 0. The van der Waals surface area contributed by atoms with Gasteiger partial charge in [-0.1, -0.05) is 24.3 Å². The first-order valence-electron chi connectivity index (χ1n) is 9.38. The zero-order chi connectivity index (χ0) is 20.2. The molecule has 0 spiro atoms. The highest BCUT2D eigenvalue weighted by Gasteiger charge is 2.38. The van der Waals surface area contributed by atoms with Gasteiger partial charge in [0.1, 0.15) is 0 Å². The largest absolute Gasteiger partial charge is 0.269 e. The lowest BCUT2D eigenvalue weighted by Crippen LogP contribution is -2.31. The molecule has 5 rings (SSSR count). The standard InChI is InChI=1S/C21H18N2O4S2/c24-23(25)17-8-4-16(5-9-17)21-22(12-13-28-21)29(26,27)19-11-7-15-3-1-2-14-6-10-18(19)20(14)15/h1-5,7-9,11,21H,6,10,12-13H2/t21-/m1/s1. The van der Waals surface area contributed by atoms with Crippen LogP contribution in [0.2, 0.25) is 0 Å². The van der Waals surface area contributed by atoms with Crippen molar-refractivity contribution in [3.63, 3.8) is 0 Å². The summed E-state index contributed by atoms with van der Waals surface area (Å²) in [5.74, 6) is 0.690. The molecule has 0 saturated carbocycles. The quantitative estimate of drug-likeness (QED) is 0.459. The van der Waals surface area contributed by atoms with Gasteiger partial charge in [-0.3, -0.25) is 10.1 Å². The van der Waals surface area contributed by atoms with Crippen LogP contribution in [0, 0.1) is 10.1 Å². The molecule has 6 nitrogen and oxygen atoms in total. The molecule has 3 aromatic rings. The zero-order valence-corrected chi connectivity index (χ0v) is 17.1. The average molecular weight is 427 g/mol. The lowest BCUT2D eigenvalue weighted by atomic mass is 10.1. The van der Waals surface area contributed by atoms with E-state index >= 15 is 0 Å². The van der Waals surface area contributed by atoms with Gasteiger partial charge in [0.2, 0.25) is 10.0 Å². The second kappa shape index (κ2) is 6.83. The van der Waals surface area contributed by atoms with Crippen molar-refractivity contribution >= 4 is 38.2 Å². The third kappa shape index (κ3) is 2.94. The maximum absolute atomic E-state index is 13.6. The molecular formula is C21H18N2O4S2. The average Bonchev–Trinajstić information content (AvgIpc) is 3.38. The molecule has 1 atom stereocenters. The van der Waals surface area contributed by atoms with Gasteiger partial charge in [-0.2, -0.15) is 4.31 Å². The Morgan fingerprint density at radius 1 is 1.03 bits per heavy atom. The number of nitro benzene ring substituents is 1. The predicted molar refractivity (Wildman–Crippen MR) is 114 cm³/mol. The van der Waals surface area contributed by atoms with Gasteiger partial charge in [-0.15, -0.1) is 11.8 Å². The highest BCUT2D eigenvalue weighted by Crippen LogP contribution is 2.44. The fourth-order valence-corrected chi connectivity index (χ4v) is 7.82. The summed E-state index contributed by atoms with van der Waals surface area (Å²) in [4.78, 5) is 10.9. The normalized spacial score (nSPS) is 19.1. The van der Waals surface area contributed by atoms with E-state index in [0.29, 0.717) is 17.2 Å². The Kier molecular flexibility index (Phi) is 4.38. The summed E-state index contributed by atoms with van der Waals surface area (Å²) in [5, 5.41) is 12.7. The first-order valence-corrected chi connectivity index (χ1v) is 11.9. The molecule has 0 N–H and O–H groups in total. The first-order chi connectivity index (χ1) is 14.0. The van der Waals surface area contributed by atoms with Gasteiger partial charge in [0.05, 0.1) is 15.2 Å². The SMILES string of the molecule is O=[N+]([O-])c1ccc([C@H]2SCCN2S(=O)(=O)c2ccc3cccc4c3c2CC4)cc1. The number of aryl methyl sites for hydroxylation is 2. The predicted octanol–water partition coefficient (Wildman–Crippen LogP) is 4.28. The van der Waals surface area contributed by atoms with Crippen LogP contribution in [0.5, 0.6) is 0 Å². The van der Waals surface area contributed by atoms with E-state index in [9.17, 15) is 18.5 Å². The summed E-state index contributed by atoms with van der Waals surface area (Å²) in [5.41, 5.74) is 2.88. The molecule has 1 fully saturated rings. The molecule has 0 bridgehead atoms. The molecule has 1 aliphatic heterocycles. The van der Waals surface area contributed by atoms with Crippen molar-refractivity contribution in [1.29, 1.82) is 0 Å². The third-order valence-corrected chi connectivity index (χ3v) is 9.01. The number of rotatable bonds is 4. The maximum Gasteiger partial charge on any atom is 0.269 e. The summed E-state index contributed by atoms with van der Waals surface area (Å²) >= 11 is 1.55. The fraction of sp³-hybridized carbons (Fsp3) is 0.238. The topological polar surface area (TPSA) is 80.5 Å². The van der Waals surface area contributed by atoms with Gasteiger partial charge < -0.3 is 0 Å². The van der Waals surface area contributed by atoms with E-state index in [4.69, 9.17) is 0 Å². The van der Waals surface area contributed by atoms with E-state index in [0.717, 1.165) is 34.7 Å². The Labute approximate surface area is 172 Å². The minimum atomic E-state index is -3.68. The van der Waals surface area contributed by atoms with E-state index in [2.05, 4.69) is 6.07 Å². The Morgan fingerprint density at radius 2 is 1.83 bits per heavy atom. The van der Waals surface area contributed by atoms with Crippen molar-refractivity contribution in [3.8, 4) is 0 Å². The zero-order valence-electron chi connectivity index (χ0n) is 15.4. The van der Waals surface area contributed by atoms with Crippen LogP contribution in [0.15, 0.2) is 59.5 Å². The summed E-state index contributed by atoms with van der Waals surface area (Å²) in [6, 6.07) is 15.9. The summed E-state index contributed by atoms with van der Waals surface area (Å²) in [6.07, 6.45) is 1.59. The first kappa shape index (κ1) is 18.6. The van der Waals surface area contributed by atoms with Crippen LogP contribution in [0.3, 0.4) is 0 Å². The van der Waals surface area contributed by atoms with Gasteiger partial charge in [0.15, 0.2) is 0 Å². The Morgan fingerprint density at radius 3 is 2.59 bits per heavy atom. The lowest BCUT2D eigenvalue weighted by Gasteiger charge is -2.24. The van der Waals surface area contributed by atoms with Crippen molar-refractivity contribution in [2.45, 2.75) is 23.1 Å². The van der Waals surface area contributed by atoms with Crippen molar-refractivity contribution in [3.05, 3.63) is 81.4 Å².